The largest absolute Gasteiger partial charge is 0.496 e. The summed E-state index contributed by atoms with van der Waals surface area (Å²) in [7, 11) is 6.43. The lowest BCUT2D eigenvalue weighted by Crippen LogP contribution is -2.62. The summed E-state index contributed by atoms with van der Waals surface area (Å²) in [6.07, 6.45) is 0.556. The molecule has 278 valence electrons. The molecule has 0 aliphatic rings. The van der Waals surface area contributed by atoms with Crippen LogP contribution in [0.15, 0.2) is 24.3 Å². The van der Waals surface area contributed by atoms with Crippen LogP contribution < -0.4 is 26.0 Å². The van der Waals surface area contributed by atoms with E-state index >= 15 is 0 Å². The molecule has 0 fully saturated rings. The number of nitrogens with zero attached hydrogens (tertiary/aromatic N) is 2. The van der Waals surface area contributed by atoms with Crippen molar-refractivity contribution in [3.05, 3.63) is 29.8 Å². The second-order valence-electron chi connectivity index (χ2n) is 14.6. The Labute approximate surface area is 294 Å². The number of carbonyl (C=O) groups excluding carboxylic acids is 5. The van der Waals surface area contributed by atoms with Gasteiger partial charge in [-0.15, -0.1) is 0 Å². The zero-order valence-electron chi connectivity index (χ0n) is 32.3. The number of likely N-dealkylation sites (N-methyl/N-ethyl adjacent to an activating group) is 3. The maximum atomic E-state index is 14.0. The van der Waals surface area contributed by atoms with Gasteiger partial charge in [-0.2, -0.15) is 0 Å². The average molecular weight is 689 g/mol. The lowest BCUT2D eigenvalue weighted by Gasteiger charge is -2.37. The van der Waals surface area contributed by atoms with Crippen LogP contribution in [0.5, 0.6) is 5.75 Å². The predicted molar refractivity (Wildman–Crippen MR) is 194 cm³/mol. The third-order valence-corrected chi connectivity index (χ3v) is 8.94. The minimum Gasteiger partial charge on any atom is -0.496 e. The van der Waals surface area contributed by atoms with E-state index in [1.807, 2.05) is 93.5 Å². The molecular weight excluding hydrogens is 624 g/mol. The minimum atomic E-state index is -0.951. The second-order valence-corrected chi connectivity index (χ2v) is 14.6. The van der Waals surface area contributed by atoms with Gasteiger partial charge >= 0.3 is 0 Å². The lowest BCUT2D eigenvalue weighted by molar-refractivity contribution is -0.147. The Balaban J connectivity index is 3.17. The van der Waals surface area contributed by atoms with Gasteiger partial charge in [0.05, 0.1) is 13.2 Å². The van der Waals surface area contributed by atoms with Gasteiger partial charge in [-0.25, -0.2) is 0 Å². The minimum absolute atomic E-state index is 0.00299. The summed E-state index contributed by atoms with van der Waals surface area (Å²) >= 11 is 0. The Kier molecular flexibility index (Phi) is 17.8. The van der Waals surface area contributed by atoms with Gasteiger partial charge in [0.25, 0.3) is 0 Å². The molecule has 12 heteroatoms. The maximum Gasteiger partial charge on any atom is 0.245 e. The zero-order chi connectivity index (χ0) is 37.7. The van der Waals surface area contributed by atoms with E-state index in [1.165, 1.54) is 9.80 Å². The Hall–Kier alpha value is -3.67. The molecule has 0 heterocycles. The van der Waals surface area contributed by atoms with E-state index in [-0.39, 0.29) is 41.4 Å². The number of rotatable bonds is 19. The summed E-state index contributed by atoms with van der Waals surface area (Å²) in [6, 6.07) is 3.61. The van der Waals surface area contributed by atoms with Crippen LogP contribution in [0.3, 0.4) is 0 Å². The van der Waals surface area contributed by atoms with Crippen molar-refractivity contribution in [1.29, 1.82) is 0 Å². The Bertz CT molecular complexity index is 1250. The van der Waals surface area contributed by atoms with Gasteiger partial charge in [-0.1, -0.05) is 87.4 Å². The molecular formula is C37H64N6O6. The van der Waals surface area contributed by atoms with Crippen molar-refractivity contribution >= 4 is 29.5 Å². The first-order valence-corrected chi connectivity index (χ1v) is 17.5. The summed E-state index contributed by atoms with van der Waals surface area (Å²) in [6.45, 7) is 18.9. The van der Waals surface area contributed by atoms with Crippen molar-refractivity contribution in [3.63, 3.8) is 0 Å². The fraction of sp³-hybridized carbons (Fsp3) is 0.703. The molecule has 0 aliphatic heterocycles. The van der Waals surface area contributed by atoms with E-state index < -0.39 is 47.9 Å². The molecule has 1 aromatic carbocycles. The number of carbonyl (C=O) groups is 5. The van der Waals surface area contributed by atoms with Gasteiger partial charge in [-0.05, 0) is 54.7 Å². The monoisotopic (exact) mass is 688 g/mol. The summed E-state index contributed by atoms with van der Waals surface area (Å²) in [5.41, 5.74) is 0.960. The first-order valence-electron chi connectivity index (χ1n) is 17.5. The van der Waals surface area contributed by atoms with Gasteiger partial charge < -0.3 is 35.8 Å². The standard InChI is InChI=1S/C37H64N6O6/c1-21(2)28(38-11)33(44)40-29(22(3)4)36(47)43(13)32(25(9)10)35(46)41-30(23(5)6)37(48)42(12)31(24(7)8)34(45)39-20-19-26-17-15-16-18-27(26)49-14/h15-18,21-25,28-32,38H,19-20H2,1-14H3,(H,39,45)(H,40,44)(H,41,46)/t28-,29-,30-,31-,32-/m0/s1. The Morgan fingerprint density at radius 2 is 1.06 bits per heavy atom. The van der Waals surface area contributed by atoms with E-state index in [2.05, 4.69) is 21.3 Å². The van der Waals surface area contributed by atoms with Crippen molar-refractivity contribution in [2.45, 2.75) is 106 Å². The fourth-order valence-corrected chi connectivity index (χ4v) is 6.18. The molecule has 12 nitrogen and oxygen atoms in total. The van der Waals surface area contributed by atoms with Crippen LogP contribution in [-0.2, 0) is 30.4 Å². The van der Waals surface area contributed by atoms with Gasteiger partial charge in [0.15, 0.2) is 0 Å². The third kappa shape index (κ3) is 12.0. The van der Waals surface area contributed by atoms with E-state index in [1.54, 1.807) is 28.3 Å². The SMILES string of the molecule is CN[C@H](C(=O)N[C@H](C(=O)N(C)[C@H](C(=O)N[C@H](C(=O)N(C)[C@H](C(=O)NCCc1ccccc1OC)C(C)C)C(C)C)C(C)C)C(C)C)C(C)C. The third-order valence-electron chi connectivity index (χ3n) is 8.94. The molecule has 49 heavy (non-hydrogen) atoms. The molecule has 0 unspecified atom stereocenters. The van der Waals surface area contributed by atoms with Crippen LogP contribution in [0.1, 0.15) is 74.8 Å². The number of methoxy groups -OCH3 is 1. The van der Waals surface area contributed by atoms with Crippen LogP contribution >= 0.6 is 0 Å². The van der Waals surface area contributed by atoms with E-state index in [4.69, 9.17) is 4.74 Å². The summed E-state index contributed by atoms with van der Waals surface area (Å²) in [5, 5.41) is 11.8. The van der Waals surface area contributed by atoms with Gasteiger partial charge in [0.1, 0.15) is 29.9 Å². The number of ether oxygens (including phenoxy) is 1. The average Bonchev–Trinajstić information content (AvgIpc) is 3.01. The Morgan fingerprint density at radius 3 is 1.47 bits per heavy atom. The molecule has 1 aromatic rings. The highest BCUT2D eigenvalue weighted by molar-refractivity contribution is 5.96. The smallest absolute Gasteiger partial charge is 0.245 e. The second kappa shape index (κ2) is 20.1. The maximum absolute atomic E-state index is 14.0. The zero-order valence-corrected chi connectivity index (χ0v) is 32.3. The van der Waals surface area contributed by atoms with Crippen LogP contribution in [0.4, 0.5) is 0 Å². The molecule has 0 aliphatic carbocycles. The van der Waals surface area contributed by atoms with Crippen molar-refractivity contribution < 1.29 is 28.7 Å². The molecule has 0 saturated carbocycles. The van der Waals surface area contributed by atoms with Gasteiger partial charge in [0, 0.05) is 20.6 Å². The highest BCUT2D eigenvalue weighted by Crippen LogP contribution is 2.20. The van der Waals surface area contributed by atoms with Crippen LogP contribution in [0.2, 0.25) is 0 Å². The summed E-state index contributed by atoms with van der Waals surface area (Å²) in [5.74, 6) is -2.21. The van der Waals surface area contributed by atoms with Crippen molar-refractivity contribution in [2.75, 3.05) is 34.8 Å². The highest BCUT2D eigenvalue weighted by atomic mass is 16.5. The fourth-order valence-electron chi connectivity index (χ4n) is 6.18. The van der Waals surface area contributed by atoms with E-state index in [0.717, 1.165) is 11.3 Å². The molecule has 0 spiro atoms. The molecule has 0 radical (unpaired) electrons. The van der Waals surface area contributed by atoms with Crippen molar-refractivity contribution in [2.24, 2.45) is 29.6 Å². The molecule has 5 amide bonds. The molecule has 4 N–H and O–H groups in total. The number of benzene rings is 1. The normalized spacial score (nSPS) is 14.7. The van der Waals surface area contributed by atoms with Crippen molar-refractivity contribution in [1.82, 2.24) is 31.1 Å². The number of nitrogens with one attached hydrogen (secondary N) is 4. The van der Waals surface area contributed by atoms with Gasteiger partial charge in [-0.3, -0.25) is 24.0 Å². The molecule has 0 bridgehead atoms. The topological polar surface area (TPSA) is 149 Å². The highest BCUT2D eigenvalue weighted by Gasteiger charge is 2.40. The van der Waals surface area contributed by atoms with Crippen molar-refractivity contribution in [3.8, 4) is 5.75 Å². The Morgan fingerprint density at radius 1 is 0.633 bits per heavy atom. The first-order chi connectivity index (χ1) is 22.8. The number of hydrogen-bond acceptors (Lipinski definition) is 7. The summed E-state index contributed by atoms with van der Waals surface area (Å²) < 4.78 is 5.41. The molecule has 0 saturated heterocycles. The predicted octanol–water partition coefficient (Wildman–Crippen LogP) is 2.85. The van der Waals surface area contributed by atoms with Crippen LogP contribution in [0.25, 0.3) is 0 Å². The van der Waals surface area contributed by atoms with E-state index in [9.17, 15) is 24.0 Å². The van der Waals surface area contributed by atoms with Crippen LogP contribution in [0, 0.1) is 29.6 Å². The van der Waals surface area contributed by atoms with Crippen LogP contribution in [-0.4, -0.2) is 104 Å². The number of hydrogen-bond donors (Lipinski definition) is 4. The quantitative estimate of drug-likeness (QED) is 0.175. The lowest BCUT2D eigenvalue weighted by atomic mass is 9.95. The molecule has 1 rings (SSSR count). The summed E-state index contributed by atoms with van der Waals surface area (Å²) in [4.78, 5) is 71.0. The van der Waals surface area contributed by atoms with Gasteiger partial charge in [0.2, 0.25) is 29.5 Å². The molecule has 5 atom stereocenters. The molecule has 0 aromatic heterocycles. The number of amides is 5. The number of para-hydroxylation sites is 1. The van der Waals surface area contributed by atoms with E-state index in [0.29, 0.717) is 13.0 Å². The first kappa shape index (κ1) is 43.4.